The Morgan fingerprint density at radius 1 is 1.12 bits per heavy atom. The molecule has 1 aromatic carbocycles. The van der Waals surface area contributed by atoms with Gasteiger partial charge < -0.3 is 14.6 Å². The second-order valence-electron chi connectivity index (χ2n) is 8.07. The minimum atomic E-state index is -0.404. The molecular weight excluding hydrogens is 436 g/mol. The summed E-state index contributed by atoms with van der Waals surface area (Å²) in [4.78, 5) is 25.4. The summed E-state index contributed by atoms with van der Waals surface area (Å²) in [6.45, 7) is 3.81. The van der Waals surface area contributed by atoms with Gasteiger partial charge in [-0.15, -0.1) is 11.3 Å². The molecule has 4 rings (SSSR count). The second kappa shape index (κ2) is 10.5. The fourth-order valence-electron chi connectivity index (χ4n) is 3.95. The van der Waals surface area contributed by atoms with Gasteiger partial charge in [0.25, 0.3) is 11.8 Å². The largest absolute Gasteiger partial charge is 0.484 e. The minimum absolute atomic E-state index is 0.154. The summed E-state index contributed by atoms with van der Waals surface area (Å²) in [6, 6.07) is 13.4. The van der Waals surface area contributed by atoms with Crippen molar-refractivity contribution < 1.29 is 14.3 Å². The highest BCUT2D eigenvalue weighted by Crippen LogP contribution is 2.33. The van der Waals surface area contributed by atoms with Gasteiger partial charge in [-0.1, -0.05) is 18.2 Å². The number of fused-ring (bicyclic) bond motifs is 1. The molecule has 1 aliphatic carbocycles. The zero-order chi connectivity index (χ0) is 23.2. The van der Waals surface area contributed by atoms with Crippen molar-refractivity contribution in [1.29, 1.82) is 0 Å². The molecule has 2 N–H and O–H groups in total. The first-order chi connectivity index (χ1) is 16.0. The molecule has 0 atom stereocenters. The van der Waals surface area contributed by atoms with Gasteiger partial charge in [0.15, 0.2) is 6.61 Å². The van der Waals surface area contributed by atoms with Gasteiger partial charge in [-0.3, -0.25) is 9.59 Å². The lowest BCUT2D eigenvalue weighted by molar-refractivity contribution is -0.127. The average molecular weight is 465 g/mol. The molecule has 8 heteroatoms. The maximum absolute atomic E-state index is 12.0. The number of aromatic nitrogens is 1. The average Bonchev–Trinajstić information content (AvgIpc) is 3.36. The third-order valence-corrected chi connectivity index (χ3v) is 6.85. The molecule has 2 aromatic heterocycles. The van der Waals surface area contributed by atoms with Crippen LogP contribution < -0.4 is 15.5 Å². The van der Waals surface area contributed by atoms with Crippen LogP contribution in [0.15, 0.2) is 47.6 Å². The zero-order valence-corrected chi connectivity index (χ0v) is 19.7. The van der Waals surface area contributed by atoms with E-state index in [2.05, 4.69) is 46.4 Å². The lowest BCUT2D eigenvalue weighted by atomic mass is 10.00. The van der Waals surface area contributed by atoms with Crippen LogP contribution in [0.3, 0.4) is 0 Å². The van der Waals surface area contributed by atoms with E-state index in [4.69, 9.17) is 4.74 Å². The Hall–Kier alpha value is -3.39. The van der Waals surface area contributed by atoms with E-state index in [0.29, 0.717) is 5.75 Å². The van der Waals surface area contributed by atoms with Crippen LogP contribution in [0.1, 0.15) is 40.2 Å². The van der Waals surface area contributed by atoms with E-state index in [1.807, 2.05) is 29.5 Å². The number of ether oxygens (including phenoxy) is 1. The lowest BCUT2D eigenvalue weighted by Gasteiger charge is -2.08. The van der Waals surface area contributed by atoms with Crippen molar-refractivity contribution in [2.45, 2.75) is 39.5 Å². The van der Waals surface area contributed by atoms with E-state index in [9.17, 15) is 9.59 Å². The predicted octanol–water partition coefficient (Wildman–Crippen LogP) is 3.68. The summed E-state index contributed by atoms with van der Waals surface area (Å²) in [5, 5.41) is 7.83. The van der Waals surface area contributed by atoms with Crippen molar-refractivity contribution in [3.8, 4) is 10.8 Å². The van der Waals surface area contributed by atoms with Gasteiger partial charge in [-0.05, 0) is 69.4 Å². The Kier molecular flexibility index (Phi) is 7.24. The standard InChI is InChI=1S/C25H28N4O3S/c1-17-12-20(18(2)29(17)25-13-19-8-6-7-11-22(19)33-25)14-27-28-23(30)15-26-24(31)16-32-21-9-4-3-5-10-21/h3-5,9-10,12-14H,6-8,11,15-16H2,1-2H3,(H,26,31)(H,28,30). The molecule has 0 unspecified atom stereocenters. The summed E-state index contributed by atoms with van der Waals surface area (Å²) in [7, 11) is 0. The number of amides is 2. The maximum Gasteiger partial charge on any atom is 0.259 e. The first-order valence-corrected chi connectivity index (χ1v) is 11.9. The molecule has 0 aliphatic heterocycles. The molecule has 172 valence electrons. The number of hydrogen-bond acceptors (Lipinski definition) is 5. The number of nitrogens with zero attached hydrogens (tertiary/aromatic N) is 2. The quantitative estimate of drug-likeness (QED) is 0.394. The maximum atomic E-state index is 12.0. The molecular formula is C25H28N4O3S. The number of thiophene rings is 1. The Balaban J connectivity index is 1.28. The van der Waals surface area contributed by atoms with Gasteiger partial charge in [-0.2, -0.15) is 5.10 Å². The molecule has 1 aliphatic rings. The zero-order valence-electron chi connectivity index (χ0n) is 18.9. The van der Waals surface area contributed by atoms with E-state index < -0.39 is 5.91 Å². The number of carbonyl (C=O) groups excluding carboxylic acids is 2. The van der Waals surface area contributed by atoms with Crippen molar-refractivity contribution in [3.63, 3.8) is 0 Å². The van der Waals surface area contributed by atoms with E-state index in [1.165, 1.54) is 41.1 Å². The number of hydrazone groups is 1. The minimum Gasteiger partial charge on any atom is -0.484 e. The third-order valence-electron chi connectivity index (χ3n) is 5.63. The van der Waals surface area contributed by atoms with Crippen molar-refractivity contribution in [2.24, 2.45) is 5.10 Å². The first-order valence-electron chi connectivity index (χ1n) is 11.1. The summed E-state index contributed by atoms with van der Waals surface area (Å²) >= 11 is 1.87. The second-order valence-corrected chi connectivity index (χ2v) is 9.19. The van der Waals surface area contributed by atoms with Crippen molar-refractivity contribution in [2.75, 3.05) is 13.2 Å². The topological polar surface area (TPSA) is 84.7 Å². The SMILES string of the molecule is Cc1cc(C=NNC(=O)CNC(=O)COc2ccccc2)c(C)n1-c1cc2c(s1)CCCC2. The molecule has 0 bridgehead atoms. The molecule has 0 saturated carbocycles. The number of rotatable bonds is 8. The van der Waals surface area contributed by atoms with Gasteiger partial charge in [-0.25, -0.2) is 5.43 Å². The summed E-state index contributed by atoms with van der Waals surface area (Å²) in [5.74, 6) is -0.179. The van der Waals surface area contributed by atoms with Gasteiger partial charge >= 0.3 is 0 Å². The van der Waals surface area contributed by atoms with Crippen molar-refractivity contribution >= 4 is 29.4 Å². The summed E-state index contributed by atoms with van der Waals surface area (Å²) < 4.78 is 7.60. The van der Waals surface area contributed by atoms with Crippen LogP contribution >= 0.6 is 11.3 Å². The van der Waals surface area contributed by atoms with E-state index in [1.54, 1.807) is 18.3 Å². The van der Waals surface area contributed by atoms with E-state index in [0.717, 1.165) is 17.0 Å². The Labute approximate surface area is 197 Å². The first kappa shape index (κ1) is 22.8. The molecule has 0 fully saturated rings. The van der Waals surface area contributed by atoms with Crippen LogP contribution in [0.25, 0.3) is 5.00 Å². The molecule has 0 radical (unpaired) electrons. The number of benzene rings is 1. The predicted molar refractivity (Wildman–Crippen MR) is 130 cm³/mol. The third kappa shape index (κ3) is 5.70. The van der Waals surface area contributed by atoms with Gasteiger partial charge in [0.1, 0.15) is 5.75 Å². The normalized spacial score (nSPS) is 13.0. The van der Waals surface area contributed by atoms with Gasteiger partial charge in [0.2, 0.25) is 0 Å². The molecule has 2 amide bonds. The number of para-hydroxylation sites is 1. The molecule has 7 nitrogen and oxygen atoms in total. The fourth-order valence-corrected chi connectivity index (χ4v) is 5.32. The van der Waals surface area contributed by atoms with Crippen LogP contribution in [0.5, 0.6) is 5.75 Å². The van der Waals surface area contributed by atoms with Gasteiger partial charge in [0, 0.05) is 21.8 Å². The summed E-state index contributed by atoms with van der Waals surface area (Å²) in [6.07, 6.45) is 6.53. The molecule has 2 heterocycles. The number of nitrogens with one attached hydrogen (secondary N) is 2. The van der Waals surface area contributed by atoms with Crippen molar-refractivity contribution in [3.05, 3.63) is 69.9 Å². The van der Waals surface area contributed by atoms with Crippen molar-refractivity contribution in [1.82, 2.24) is 15.3 Å². The lowest BCUT2D eigenvalue weighted by Crippen LogP contribution is -2.37. The molecule has 33 heavy (non-hydrogen) atoms. The fraction of sp³-hybridized carbons (Fsp3) is 0.320. The number of hydrogen-bond donors (Lipinski definition) is 2. The monoisotopic (exact) mass is 464 g/mol. The molecule has 0 saturated heterocycles. The highest BCUT2D eigenvalue weighted by molar-refractivity contribution is 7.14. The highest BCUT2D eigenvalue weighted by Gasteiger charge is 2.17. The Morgan fingerprint density at radius 3 is 2.70 bits per heavy atom. The van der Waals surface area contributed by atoms with Crippen LogP contribution in [-0.4, -0.2) is 35.7 Å². The summed E-state index contributed by atoms with van der Waals surface area (Å²) in [5.41, 5.74) is 7.10. The van der Waals surface area contributed by atoms with Gasteiger partial charge in [0.05, 0.1) is 17.8 Å². The van der Waals surface area contributed by atoms with Crippen LogP contribution in [0.2, 0.25) is 0 Å². The number of carbonyl (C=O) groups is 2. The smallest absolute Gasteiger partial charge is 0.259 e. The highest BCUT2D eigenvalue weighted by atomic mass is 32.1. The van der Waals surface area contributed by atoms with Crippen LogP contribution in [-0.2, 0) is 22.4 Å². The Bertz CT molecular complexity index is 1140. The Morgan fingerprint density at radius 2 is 1.91 bits per heavy atom. The molecule has 0 spiro atoms. The van der Waals surface area contributed by atoms with Crippen LogP contribution in [0.4, 0.5) is 0 Å². The van der Waals surface area contributed by atoms with Crippen LogP contribution in [0, 0.1) is 13.8 Å². The van der Waals surface area contributed by atoms with E-state index >= 15 is 0 Å². The number of aryl methyl sites for hydroxylation is 3. The van der Waals surface area contributed by atoms with E-state index in [-0.39, 0.29) is 19.1 Å². The molecule has 3 aromatic rings.